The highest BCUT2D eigenvalue weighted by Gasteiger charge is 2.31. The zero-order valence-corrected chi connectivity index (χ0v) is 19.1. The van der Waals surface area contributed by atoms with Crippen molar-refractivity contribution in [2.45, 2.75) is 27.7 Å². The number of hydrogen-bond acceptors (Lipinski definition) is 5. The van der Waals surface area contributed by atoms with Crippen LogP contribution in [0.15, 0.2) is 18.2 Å². The summed E-state index contributed by atoms with van der Waals surface area (Å²) in [5.74, 6) is -0.543. The summed E-state index contributed by atoms with van der Waals surface area (Å²) in [5, 5.41) is 5.44. The molecule has 30 heavy (non-hydrogen) atoms. The van der Waals surface area contributed by atoms with Crippen molar-refractivity contribution in [1.82, 2.24) is 18.8 Å². The minimum absolute atomic E-state index is 0.109. The highest BCUT2D eigenvalue weighted by atomic mass is 32.2. The molecule has 1 saturated heterocycles. The van der Waals surface area contributed by atoms with Crippen molar-refractivity contribution in [2.75, 3.05) is 57.7 Å². The van der Waals surface area contributed by atoms with Crippen LogP contribution in [0.2, 0.25) is 0 Å². The molecule has 0 saturated carbocycles. The van der Waals surface area contributed by atoms with Gasteiger partial charge in [-0.2, -0.15) is 17.0 Å². The zero-order valence-electron chi connectivity index (χ0n) is 18.3. The van der Waals surface area contributed by atoms with Crippen molar-refractivity contribution < 1.29 is 18.0 Å². The van der Waals surface area contributed by atoms with E-state index in [1.54, 1.807) is 0 Å². The molecular formula is C20H33N5O4S. The van der Waals surface area contributed by atoms with Crippen LogP contribution in [0.1, 0.15) is 25.0 Å². The van der Waals surface area contributed by atoms with Gasteiger partial charge in [0.1, 0.15) is 0 Å². The number of aryl methyl sites for hydroxylation is 1. The first-order valence-corrected chi connectivity index (χ1v) is 11.7. The van der Waals surface area contributed by atoms with Gasteiger partial charge in [-0.1, -0.05) is 26.0 Å². The molecule has 1 aliphatic rings. The minimum Gasteiger partial charge on any atom is -0.346 e. The smallest absolute Gasteiger partial charge is 0.282 e. The Bertz CT molecular complexity index is 847. The lowest BCUT2D eigenvalue weighted by atomic mass is 10.1. The zero-order chi connectivity index (χ0) is 22.3. The van der Waals surface area contributed by atoms with Crippen LogP contribution < -0.4 is 10.6 Å². The van der Waals surface area contributed by atoms with Crippen molar-refractivity contribution in [3.05, 3.63) is 29.3 Å². The Morgan fingerprint density at radius 3 is 2.27 bits per heavy atom. The molecule has 2 N–H and O–H groups in total. The van der Waals surface area contributed by atoms with Gasteiger partial charge >= 0.3 is 0 Å². The standard InChI is InChI=1S/C20H33N5O4S/c1-5-24(6-2)30(28,29)25-12-10-23(11-13-25)15-20(27)21-14-19(26)22-18-9-7-8-16(3)17(18)4/h7-9H,5-6,10-15H2,1-4H3,(H,21,27)(H,22,26). The molecule has 0 atom stereocenters. The molecule has 168 valence electrons. The Morgan fingerprint density at radius 2 is 1.67 bits per heavy atom. The van der Waals surface area contributed by atoms with Crippen LogP contribution in [0.5, 0.6) is 0 Å². The van der Waals surface area contributed by atoms with Gasteiger partial charge in [0.2, 0.25) is 11.8 Å². The first kappa shape index (κ1) is 24.3. The van der Waals surface area contributed by atoms with Crippen molar-refractivity contribution in [3.8, 4) is 0 Å². The highest BCUT2D eigenvalue weighted by molar-refractivity contribution is 7.86. The summed E-state index contributed by atoms with van der Waals surface area (Å²) in [6.07, 6.45) is 0. The molecule has 0 aromatic heterocycles. The van der Waals surface area contributed by atoms with Crippen molar-refractivity contribution in [3.63, 3.8) is 0 Å². The average molecular weight is 440 g/mol. The van der Waals surface area contributed by atoms with Crippen LogP contribution in [0, 0.1) is 13.8 Å². The number of rotatable bonds is 9. The number of carbonyl (C=O) groups is 2. The van der Waals surface area contributed by atoms with E-state index in [0.29, 0.717) is 39.3 Å². The van der Waals surface area contributed by atoms with Crippen molar-refractivity contribution in [2.24, 2.45) is 0 Å². The van der Waals surface area contributed by atoms with Gasteiger partial charge in [0.05, 0.1) is 13.1 Å². The fourth-order valence-electron chi connectivity index (χ4n) is 3.35. The molecule has 0 radical (unpaired) electrons. The lowest BCUT2D eigenvalue weighted by molar-refractivity contribution is -0.125. The normalized spacial score (nSPS) is 15.9. The highest BCUT2D eigenvalue weighted by Crippen LogP contribution is 2.17. The van der Waals surface area contributed by atoms with E-state index in [1.807, 2.05) is 50.8 Å². The fraction of sp³-hybridized carbons (Fsp3) is 0.600. The van der Waals surface area contributed by atoms with E-state index in [4.69, 9.17) is 0 Å². The molecule has 2 rings (SSSR count). The number of nitrogens with one attached hydrogen (secondary N) is 2. The molecule has 0 unspecified atom stereocenters. The van der Waals surface area contributed by atoms with Gasteiger partial charge in [-0.15, -0.1) is 0 Å². The van der Waals surface area contributed by atoms with Crippen molar-refractivity contribution in [1.29, 1.82) is 0 Å². The Hall–Kier alpha value is -2.01. The molecule has 2 amide bonds. The predicted octanol–water partition coefficient (Wildman–Crippen LogP) is 0.562. The first-order chi connectivity index (χ1) is 14.2. The molecule has 1 aliphatic heterocycles. The first-order valence-electron chi connectivity index (χ1n) is 10.3. The maximum Gasteiger partial charge on any atom is 0.282 e. The van der Waals surface area contributed by atoms with E-state index in [0.717, 1.165) is 16.8 Å². The minimum atomic E-state index is -3.45. The van der Waals surface area contributed by atoms with Gasteiger partial charge in [0.15, 0.2) is 0 Å². The molecule has 1 heterocycles. The van der Waals surface area contributed by atoms with E-state index in [9.17, 15) is 18.0 Å². The van der Waals surface area contributed by atoms with Crippen LogP contribution >= 0.6 is 0 Å². The summed E-state index contributed by atoms with van der Waals surface area (Å²) in [6, 6.07) is 5.67. The molecular weight excluding hydrogens is 406 g/mol. The van der Waals surface area contributed by atoms with Crippen LogP contribution in [-0.4, -0.2) is 86.1 Å². The number of anilines is 1. The third kappa shape index (κ3) is 6.24. The quantitative estimate of drug-likeness (QED) is 0.586. The van der Waals surface area contributed by atoms with Crippen LogP contribution in [0.4, 0.5) is 5.69 Å². The summed E-state index contributed by atoms with van der Waals surface area (Å²) < 4.78 is 28.0. The van der Waals surface area contributed by atoms with Crippen LogP contribution in [0.3, 0.4) is 0 Å². The summed E-state index contributed by atoms with van der Waals surface area (Å²) >= 11 is 0. The lowest BCUT2D eigenvalue weighted by Gasteiger charge is -2.35. The Kier molecular flexibility index (Phi) is 8.78. The number of amides is 2. The number of nitrogens with zero attached hydrogens (tertiary/aromatic N) is 3. The summed E-state index contributed by atoms with van der Waals surface area (Å²) in [5.41, 5.74) is 2.81. The molecule has 1 fully saturated rings. The Morgan fingerprint density at radius 1 is 1.03 bits per heavy atom. The average Bonchev–Trinajstić information content (AvgIpc) is 2.71. The number of hydrogen-bond donors (Lipinski definition) is 2. The molecule has 10 heteroatoms. The second kappa shape index (κ2) is 10.9. The second-order valence-electron chi connectivity index (χ2n) is 7.34. The summed E-state index contributed by atoms with van der Waals surface area (Å²) in [6.45, 7) is 10.1. The SMILES string of the molecule is CCN(CC)S(=O)(=O)N1CCN(CC(=O)NCC(=O)Nc2cccc(C)c2C)CC1. The van der Waals surface area contributed by atoms with Gasteiger partial charge in [-0.3, -0.25) is 14.5 Å². The van der Waals surface area contributed by atoms with E-state index >= 15 is 0 Å². The number of benzene rings is 1. The maximum absolute atomic E-state index is 12.6. The topological polar surface area (TPSA) is 102 Å². The largest absolute Gasteiger partial charge is 0.346 e. The van der Waals surface area contributed by atoms with Gasteiger partial charge in [0.25, 0.3) is 10.2 Å². The third-order valence-corrected chi connectivity index (χ3v) is 7.57. The maximum atomic E-state index is 12.6. The summed E-state index contributed by atoms with van der Waals surface area (Å²) in [7, 11) is -3.45. The molecule has 1 aromatic rings. The van der Waals surface area contributed by atoms with Gasteiger partial charge in [-0.05, 0) is 31.0 Å². The van der Waals surface area contributed by atoms with Crippen LogP contribution in [-0.2, 0) is 19.8 Å². The fourth-order valence-corrected chi connectivity index (χ4v) is 4.95. The van der Waals surface area contributed by atoms with Gasteiger partial charge in [0, 0.05) is 45.0 Å². The Labute approximate surface area is 179 Å². The van der Waals surface area contributed by atoms with E-state index in [-0.39, 0.29) is 24.9 Å². The lowest BCUT2D eigenvalue weighted by Crippen LogP contribution is -2.54. The molecule has 1 aromatic carbocycles. The molecule has 0 bridgehead atoms. The monoisotopic (exact) mass is 439 g/mol. The van der Waals surface area contributed by atoms with Gasteiger partial charge in [-0.25, -0.2) is 0 Å². The predicted molar refractivity (Wildman–Crippen MR) is 117 cm³/mol. The van der Waals surface area contributed by atoms with Crippen LogP contribution in [0.25, 0.3) is 0 Å². The van der Waals surface area contributed by atoms with E-state index in [1.165, 1.54) is 8.61 Å². The molecule has 9 nitrogen and oxygen atoms in total. The number of piperazine rings is 1. The molecule has 0 spiro atoms. The summed E-state index contributed by atoms with van der Waals surface area (Å²) in [4.78, 5) is 26.2. The molecule has 0 aliphatic carbocycles. The third-order valence-electron chi connectivity index (χ3n) is 5.38. The van der Waals surface area contributed by atoms with Gasteiger partial charge < -0.3 is 10.6 Å². The second-order valence-corrected chi connectivity index (χ2v) is 9.27. The van der Waals surface area contributed by atoms with Crippen molar-refractivity contribution >= 4 is 27.7 Å². The van der Waals surface area contributed by atoms with E-state index in [2.05, 4.69) is 10.6 Å². The number of carbonyl (C=O) groups excluding carboxylic acids is 2. The Balaban J connectivity index is 1.76. The van der Waals surface area contributed by atoms with E-state index < -0.39 is 10.2 Å².